The Kier molecular flexibility index (Phi) is 4.43. The average Bonchev–Trinajstić information content (AvgIpc) is 2.53. The van der Waals surface area contributed by atoms with Crippen LogP contribution >= 0.6 is 11.8 Å². The van der Waals surface area contributed by atoms with Crippen molar-refractivity contribution in [2.45, 2.75) is 30.7 Å². The third-order valence-corrected chi connectivity index (χ3v) is 2.91. The lowest BCUT2D eigenvalue weighted by Crippen LogP contribution is -2.18. The summed E-state index contributed by atoms with van der Waals surface area (Å²) < 4.78 is 37.9. The third kappa shape index (κ3) is 4.09. The molecular formula is C8H11F3N4O2S. The van der Waals surface area contributed by atoms with Gasteiger partial charge < -0.3 is 10.8 Å². The summed E-state index contributed by atoms with van der Waals surface area (Å²) in [4.78, 5) is 10.4. The Hall–Kier alpha value is -1.45. The Bertz CT molecular complexity index is 434. The van der Waals surface area contributed by atoms with Crippen LogP contribution in [0.1, 0.15) is 19.4 Å². The molecule has 0 bridgehead atoms. The molecule has 0 fully saturated rings. The number of nitrogen functional groups attached to an aromatic ring is 1. The Morgan fingerprint density at radius 1 is 1.56 bits per heavy atom. The minimum absolute atomic E-state index is 0.0617. The number of rotatable bonds is 5. The number of aliphatic carboxylic acids is 1. The molecule has 0 spiro atoms. The van der Waals surface area contributed by atoms with Crippen LogP contribution in [-0.4, -0.2) is 37.8 Å². The quantitative estimate of drug-likeness (QED) is 0.797. The van der Waals surface area contributed by atoms with Crippen LogP contribution in [0.2, 0.25) is 0 Å². The Balaban J connectivity index is 2.86. The molecule has 10 heteroatoms. The fourth-order valence-electron chi connectivity index (χ4n) is 1.35. The first-order chi connectivity index (χ1) is 8.20. The number of carbonyl (C=O) groups is 1. The molecule has 0 aliphatic heterocycles. The van der Waals surface area contributed by atoms with Crippen molar-refractivity contribution in [3.05, 3.63) is 0 Å². The number of carboxylic acids is 1. The van der Waals surface area contributed by atoms with Gasteiger partial charge in [-0.15, -0.1) is 10.2 Å². The van der Waals surface area contributed by atoms with Gasteiger partial charge in [0, 0.05) is 6.04 Å². The molecule has 0 aliphatic carbocycles. The van der Waals surface area contributed by atoms with Crippen molar-refractivity contribution in [3.63, 3.8) is 0 Å². The lowest BCUT2D eigenvalue weighted by atomic mass is 10.2. The van der Waals surface area contributed by atoms with Gasteiger partial charge in [0.1, 0.15) is 0 Å². The summed E-state index contributed by atoms with van der Waals surface area (Å²) >= 11 is 0.773. The Labute approximate surface area is 104 Å². The maximum Gasteiger partial charge on any atom is 0.391 e. The van der Waals surface area contributed by atoms with Crippen LogP contribution < -0.4 is 5.73 Å². The van der Waals surface area contributed by atoms with Gasteiger partial charge in [-0.2, -0.15) is 13.2 Å². The van der Waals surface area contributed by atoms with Crippen LogP contribution in [0, 0.1) is 0 Å². The van der Waals surface area contributed by atoms with Crippen molar-refractivity contribution < 1.29 is 23.1 Å². The molecule has 6 nitrogen and oxygen atoms in total. The van der Waals surface area contributed by atoms with Crippen LogP contribution in [0.25, 0.3) is 0 Å². The Morgan fingerprint density at radius 2 is 2.17 bits per heavy atom. The van der Waals surface area contributed by atoms with E-state index in [1.165, 1.54) is 6.92 Å². The van der Waals surface area contributed by atoms with E-state index in [1.807, 2.05) is 0 Å². The van der Waals surface area contributed by atoms with Crippen LogP contribution in [0.3, 0.4) is 0 Å². The number of thioether (sulfide) groups is 1. The first-order valence-corrected chi connectivity index (χ1v) is 5.81. The number of carboxylic acid groups (broad SMARTS) is 1. The highest BCUT2D eigenvalue weighted by molar-refractivity contribution is 7.99. The van der Waals surface area contributed by atoms with Crippen LogP contribution in [0.5, 0.6) is 0 Å². The standard InChI is InChI=1S/C8H11F3N4O2S/c1-4(2-8(9,10)11)15-6(12)13-14-7(15)18-3-5(16)17/h4H,2-3H2,1H3,(H2,12,13)(H,16,17). The fourth-order valence-corrected chi connectivity index (χ4v) is 2.12. The van der Waals surface area contributed by atoms with Gasteiger partial charge in [-0.1, -0.05) is 11.8 Å². The molecule has 1 aromatic heterocycles. The maximum atomic E-state index is 12.3. The Morgan fingerprint density at radius 3 is 2.67 bits per heavy atom. The number of aromatic nitrogens is 3. The van der Waals surface area contributed by atoms with E-state index >= 15 is 0 Å². The summed E-state index contributed by atoms with van der Waals surface area (Å²) in [5, 5.41) is 15.6. The van der Waals surface area contributed by atoms with Gasteiger partial charge in [0.15, 0.2) is 5.16 Å². The van der Waals surface area contributed by atoms with Crippen molar-refractivity contribution in [1.29, 1.82) is 0 Å². The van der Waals surface area contributed by atoms with Crippen molar-refractivity contribution in [2.24, 2.45) is 0 Å². The van der Waals surface area contributed by atoms with E-state index in [0.717, 1.165) is 16.3 Å². The lowest BCUT2D eigenvalue weighted by Gasteiger charge is -2.17. The third-order valence-electron chi connectivity index (χ3n) is 1.98. The molecule has 1 heterocycles. The van der Waals surface area contributed by atoms with Crippen molar-refractivity contribution >= 4 is 23.7 Å². The van der Waals surface area contributed by atoms with Gasteiger partial charge in [-0.25, -0.2) is 0 Å². The minimum Gasteiger partial charge on any atom is -0.481 e. The first kappa shape index (κ1) is 14.6. The molecule has 1 aromatic rings. The van der Waals surface area contributed by atoms with Crippen LogP contribution in [-0.2, 0) is 4.79 Å². The lowest BCUT2D eigenvalue weighted by molar-refractivity contribution is -0.142. The van der Waals surface area contributed by atoms with Gasteiger partial charge in [-0.05, 0) is 6.92 Å². The largest absolute Gasteiger partial charge is 0.481 e. The molecule has 0 aliphatic rings. The number of hydrogen-bond acceptors (Lipinski definition) is 5. The molecule has 0 saturated heterocycles. The number of halogens is 3. The molecule has 0 amide bonds. The van der Waals surface area contributed by atoms with E-state index < -0.39 is 24.6 Å². The number of alkyl halides is 3. The fraction of sp³-hybridized carbons (Fsp3) is 0.625. The molecule has 0 saturated carbocycles. The predicted octanol–water partition coefficient (Wildman–Crippen LogP) is 1.55. The average molecular weight is 284 g/mol. The second-order valence-corrected chi connectivity index (χ2v) is 4.50. The molecular weight excluding hydrogens is 273 g/mol. The maximum absolute atomic E-state index is 12.3. The van der Waals surface area contributed by atoms with Crippen LogP contribution in [0.4, 0.5) is 19.1 Å². The van der Waals surface area contributed by atoms with Crippen molar-refractivity contribution in [1.82, 2.24) is 14.8 Å². The predicted molar refractivity (Wildman–Crippen MR) is 58.2 cm³/mol. The highest BCUT2D eigenvalue weighted by atomic mass is 32.2. The number of hydrogen-bond donors (Lipinski definition) is 2. The molecule has 3 N–H and O–H groups in total. The number of nitrogens with two attached hydrogens (primary N) is 1. The summed E-state index contributed by atoms with van der Waals surface area (Å²) in [5.74, 6) is -1.59. The van der Waals surface area contributed by atoms with E-state index in [4.69, 9.17) is 10.8 Å². The first-order valence-electron chi connectivity index (χ1n) is 4.82. The van der Waals surface area contributed by atoms with Gasteiger partial charge >= 0.3 is 12.1 Å². The monoisotopic (exact) mass is 284 g/mol. The van der Waals surface area contributed by atoms with E-state index in [-0.39, 0.29) is 16.9 Å². The molecule has 102 valence electrons. The summed E-state index contributed by atoms with van der Waals surface area (Å²) in [6.07, 6.45) is -5.43. The summed E-state index contributed by atoms with van der Waals surface area (Å²) in [7, 11) is 0. The SMILES string of the molecule is CC(CC(F)(F)F)n1c(N)nnc1SCC(=O)O. The normalized spacial score (nSPS) is 13.6. The molecule has 1 unspecified atom stereocenters. The molecule has 0 aromatic carbocycles. The van der Waals surface area contributed by atoms with Gasteiger partial charge in [0.05, 0.1) is 12.2 Å². The van der Waals surface area contributed by atoms with Crippen LogP contribution in [0.15, 0.2) is 5.16 Å². The van der Waals surface area contributed by atoms with E-state index in [0.29, 0.717) is 0 Å². The minimum atomic E-state index is -4.34. The van der Waals surface area contributed by atoms with Gasteiger partial charge in [0.2, 0.25) is 5.95 Å². The molecule has 0 radical (unpaired) electrons. The smallest absolute Gasteiger partial charge is 0.391 e. The van der Waals surface area contributed by atoms with E-state index in [1.54, 1.807) is 0 Å². The zero-order valence-electron chi connectivity index (χ0n) is 9.31. The topological polar surface area (TPSA) is 94.0 Å². The van der Waals surface area contributed by atoms with Gasteiger partial charge in [0.25, 0.3) is 0 Å². The molecule has 1 rings (SSSR count). The van der Waals surface area contributed by atoms with E-state index in [2.05, 4.69) is 10.2 Å². The molecule has 18 heavy (non-hydrogen) atoms. The number of nitrogens with zero attached hydrogens (tertiary/aromatic N) is 3. The zero-order chi connectivity index (χ0) is 13.9. The number of anilines is 1. The molecule has 1 atom stereocenters. The second-order valence-electron chi connectivity index (χ2n) is 3.56. The second kappa shape index (κ2) is 5.46. The highest BCUT2D eigenvalue weighted by Crippen LogP contribution is 2.31. The summed E-state index contributed by atoms with van der Waals surface area (Å²) in [5.41, 5.74) is 5.43. The summed E-state index contributed by atoms with van der Waals surface area (Å²) in [6, 6.07) is -0.990. The highest BCUT2D eigenvalue weighted by Gasteiger charge is 2.32. The van der Waals surface area contributed by atoms with Gasteiger partial charge in [-0.3, -0.25) is 9.36 Å². The zero-order valence-corrected chi connectivity index (χ0v) is 10.1. The van der Waals surface area contributed by atoms with E-state index in [9.17, 15) is 18.0 Å². The summed E-state index contributed by atoms with van der Waals surface area (Å²) in [6.45, 7) is 1.32. The van der Waals surface area contributed by atoms with Crippen molar-refractivity contribution in [2.75, 3.05) is 11.5 Å². The van der Waals surface area contributed by atoms with Crippen molar-refractivity contribution in [3.8, 4) is 0 Å².